The van der Waals surface area contributed by atoms with Gasteiger partial charge in [-0.15, -0.1) is 0 Å². The van der Waals surface area contributed by atoms with Gasteiger partial charge in [0.25, 0.3) is 5.56 Å². The van der Waals surface area contributed by atoms with E-state index < -0.39 is 17.2 Å². The lowest BCUT2D eigenvalue weighted by Gasteiger charge is -2.08. The topological polar surface area (TPSA) is 102 Å². The first kappa shape index (κ1) is 14.4. The summed E-state index contributed by atoms with van der Waals surface area (Å²) in [6.45, 7) is -0.0871. The summed E-state index contributed by atoms with van der Waals surface area (Å²) in [5, 5.41) is 2.64. The first-order valence-electron chi connectivity index (χ1n) is 6.22. The molecule has 0 fully saturated rings. The molecule has 0 unspecified atom stereocenters. The van der Waals surface area contributed by atoms with E-state index in [0.29, 0.717) is 17.2 Å². The maximum absolute atomic E-state index is 12.0. The molecule has 1 aliphatic rings. The lowest BCUT2D eigenvalue weighted by molar-refractivity contribution is -0.116. The minimum absolute atomic E-state index is 0.146. The number of halogens is 1. The Hall–Kier alpha value is -2.55. The molecule has 8 nitrogen and oxygen atoms in total. The number of ether oxygens (including phenoxy) is 2. The van der Waals surface area contributed by atoms with Crippen LogP contribution in [0.2, 0.25) is 0 Å². The Morgan fingerprint density at radius 1 is 1.32 bits per heavy atom. The first-order valence-corrected chi connectivity index (χ1v) is 7.01. The van der Waals surface area contributed by atoms with Gasteiger partial charge in [-0.05, 0) is 28.1 Å². The van der Waals surface area contributed by atoms with E-state index in [1.807, 2.05) is 0 Å². The number of fused-ring (bicyclic) bond motifs is 1. The van der Waals surface area contributed by atoms with Crippen LogP contribution in [0.25, 0.3) is 0 Å². The van der Waals surface area contributed by atoms with Crippen LogP contribution in [-0.2, 0) is 11.3 Å². The molecule has 114 valence electrons. The van der Waals surface area contributed by atoms with Crippen LogP contribution >= 0.6 is 15.9 Å². The Morgan fingerprint density at radius 2 is 2.09 bits per heavy atom. The quantitative estimate of drug-likeness (QED) is 0.829. The van der Waals surface area contributed by atoms with Crippen molar-refractivity contribution < 1.29 is 14.3 Å². The third-order valence-electron chi connectivity index (χ3n) is 2.94. The van der Waals surface area contributed by atoms with E-state index in [4.69, 9.17) is 9.47 Å². The van der Waals surface area contributed by atoms with Crippen LogP contribution in [0.4, 0.5) is 5.69 Å². The van der Waals surface area contributed by atoms with Crippen molar-refractivity contribution in [1.82, 2.24) is 9.55 Å². The molecule has 0 aliphatic carbocycles. The normalized spacial score (nSPS) is 12.2. The monoisotopic (exact) mass is 367 g/mol. The molecule has 0 radical (unpaired) electrons. The fraction of sp³-hybridized carbons (Fsp3) is 0.154. The molecule has 2 heterocycles. The van der Waals surface area contributed by atoms with Crippen LogP contribution in [0.15, 0.2) is 38.5 Å². The number of rotatable bonds is 3. The number of benzene rings is 1. The lowest BCUT2D eigenvalue weighted by atomic mass is 10.3. The SMILES string of the molecule is O=C(Cn1cc(Br)c(=O)[nH]c1=O)Nc1ccc2c(c1)OCO2. The molecular formula is C13H10BrN3O5. The average Bonchev–Trinajstić information content (AvgIpc) is 2.92. The second kappa shape index (κ2) is 5.68. The Kier molecular flexibility index (Phi) is 3.72. The summed E-state index contributed by atoms with van der Waals surface area (Å²) in [6.07, 6.45) is 1.26. The predicted molar refractivity (Wildman–Crippen MR) is 80.2 cm³/mol. The van der Waals surface area contributed by atoms with Gasteiger partial charge in [0.2, 0.25) is 12.7 Å². The summed E-state index contributed by atoms with van der Waals surface area (Å²) in [6, 6.07) is 4.98. The van der Waals surface area contributed by atoms with Crippen LogP contribution < -0.4 is 26.0 Å². The summed E-state index contributed by atoms with van der Waals surface area (Å²) in [4.78, 5) is 36.9. The van der Waals surface area contributed by atoms with E-state index in [2.05, 4.69) is 26.2 Å². The van der Waals surface area contributed by atoms with Crippen LogP contribution in [0, 0.1) is 0 Å². The summed E-state index contributed by atoms with van der Waals surface area (Å²) in [5.41, 5.74) is -0.683. The number of amides is 1. The number of carbonyl (C=O) groups is 1. The minimum atomic E-state index is -0.658. The van der Waals surface area contributed by atoms with Crippen molar-refractivity contribution in [1.29, 1.82) is 0 Å². The molecular weight excluding hydrogens is 358 g/mol. The number of carbonyl (C=O) groups excluding carboxylic acids is 1. The molecule has 1 aromatic carbocycles. The maximum Gasteiger partial charge on any atom is 0.328 e. The fourth-order valence-corrected chi connectivity index (χ4v) is 2.28. The molecule has 0 spiro atoms. The number of aromatic amines is 1. The van der Waals surface area contributed by atoms with Crippen molar-refractivity contribution in [3.05, 3.63) is 49.7 Å². The van der Waals surface area contributed by atoms with Gasteiger partial charge in [0.05, 0.1) is 4.47 Å². The van der Waals surface area contributed by atoms with Crippen LogP contribution in [-0.4, -0.2) is 22.3 Å². The number of nitrogens with one attached hydrogen (secondary N) is 2. The van der Waals surface area contributed by atoms with Crippen LogP contribution in [0.3, 0.4) is 0 Å². The third-order valence-corrected chi connectivity index (χ3v) is 3.50. The minimum Gasteiger partial charge on any atom is -0.454 e. The zero-order valence-corrected chi connectivity index (χ0v) is 12.7. The smallest absolute Gasteiger partial charge is 0.328 e. The summed E-state index contributed by atoms with van der Waals surface area (Å²) >= 11 is 3.01. The van der Waals surface area contributed by atoms with Gasteiger partial charge in [0, 0.05) is 18.0 Å². The Bertz CT molecular complexity index is 857. The molecule has 1 amide bonds. The standard InChI is InChI=1S/C13H10BrN3O5/c14-8-4-17(13(20)16-12(8)19)5-11(18)15-7-1-2-9-10(3-7)22-6-21-9/h1-4H,5-6H2,(H,15,18)(H,16,19,20). The van der Waals surface area contributed by atoms with E-state index in [-0.39, 0.29) is 17.8 Å². The van der Waals surface area contributed by atoms with Crippen molar-refractivity contribution in [2.75, 3.05) is 12.1 Å². The lowest BCUT2D eigenvalue weighted by Crippen LogP contribution is -2.33. The van der Waals surface area contributed by atoms with Gasteiger partial charge in [0.1, 0.15) is 6.54 Å². The van der Waals surface area contributed by atoms with Crippen molar-refractivity contribution in [3.63, 3.8) is 0 Å². The highest BCUT2D eigenvalue weighted by atomic mass is 79.9. The molecule has 0 atom stereocenters. The van der Waals surface area contributed by atoms with Gasteiger partial charge in [-0.2, -0.15) is 0 Å². The van der Waals surface area contributed by atoms with Gasteiger partial charge in [-0.1, -0.05) is 0 Å². The van der Waals surface area contributed by atoms with Crippen molar-refractivity contribution in [3.8, 4) is 11.5 Å². The number of aromatic nitrogens is 2. The molecule has 2 aromatic rings. The van der Waals surface area contributed by atoms with Gasteiger partial charge < -0.3 is 14.8 Å². The molecule has 0 saturated heterocycles. The highest BCUT2D eigenvalue weighted by Crippen LogP contribution is 2.34. The third kappa shape index (κ3) is 2.89. The summed E-state index contributed by atoms with van der Waals surface area (Å²) in [7, 11) is 0. The van der Waals surface area contributed by atoms with Crippen LogP contribution in [0.1, 0.15) is 0 Å². The largest absolute Gasteiger partial charge is 0.454 e. The number of anilines is 1. The average molecular weight is 368 g/mol. The summed E-state index contributed by atoms with van der Waals surface area (Å²) < 4.78 is 11.6. The summed E-state index contributed by atoms with van der Waals surface area (Å²) in [5.74, 6) is 0.737. The molecule has 2 N–H and O–H groups in total. The molecule has 3 rings (SSSR count). The number of nitrogens with zero attached hydrogens (tertiary/aromatic N) is 1. The number of H-pyrrole nitrogens is 1. The van der Waals surface area contributed by atoms with Crippen molar-refractivity contribution in [2.24, 2.45) is 0 Å². The molecule has 1 aliphatic heterocycles. The predicted octanol–water partition coefficient (Wildman–Crippen LogP) is 0.666. The van der Waals surface area contributed by atoms with E-state index in [9.17, 15) is 14.4 Å². The molecule has 0 bridgehead atoms. The van der Waals surface area contributed by atoms with E-state index in [1.165, 1.54) is 6.20 Å². The molecule has 1 aromatic heterocycles. The van der Waals surface area contributed by atoms with Gasteiger partial charge >= 0.3 is 5.69 Å². The highest BCUT2D eigenvalue weighted by Gasteiger charge is 2.14. The van der Waals surface area contributed by atoms with E-state index in [1.54, 1.807) is 18.2 Å². The zero-order valence-electron chi connectivity index (χ0n) is 11.1. The Balaban J connectivity index is 1.74. The number of hydrogen-bond donors (Lipinski definition) is 2. The number of hydrogen-bond acceptors (Lipinski definition) is 5. The van der Waals surface area contributed by atoms with Crippen LogP contribution in [0.5, 0.6) is 11.5 Å². The van der Waals surface area contributed by atoms with Crippen molar-refractivity contribution in [2.45, 2.75) is 6.54 Å². The maximum atomic E-state index is 12.0. The Morgan fingerprint density at radius 3 is 2.91 bits per heavy atom. The first-order chi connectivity index (χ1) is 10.5. The zero-order chi connectivity index (χ0) is 15.7. The molecule has 9 heteroatoms. The van der Waals surface area contributed by atoms with Gasteiger partial charge in [-0.25, -0.2) is 4.79 Å². The highest BCUT2D eigenvalue weighted by molar-refractivity contribution is 9.10. The molecule has 22 heavy (non-hydrogen) atoms. The second-order valence-corrected chi connectivity index (χ2v) is 5.33. The van der Waals surface area contributed by atoms with Crippen molar-refractivity contribution >= 4 is 27.5 Å². The second-order valence-electron chi connectivity index (χ2n) is 4.48. The van der Waals surface area contributed by atoms with Gasteiger partial charge in [-0.3, -0.25) is 19.1 Å². The van der Waals surface area contributed by atoms with E-state index >= 15 is 0 Å². The molecule has 0 saturated carbocycles. The Labute approximate surface area is 131 Å². The fourth-order valence-electron chi connectivity index (χ4n) is 1.93. The van der Waals surface area contributed by atoms with E-state index in [0.717, 1.165) is 4.57 Å². The van der Waals surface area contributed by atoms with Gasteiger partial charge in [0.15, 0.2) is 11.5 Å².